The molecule has 1 aliphatic heterocycles. The average Bonchev–Trinajstić information content (AvgIpc) is 3.14. The second-order valence-electron chi connectivity index (χ2n) is 6.62. The first-order valence-corrected chi connectivity index (χ1v) is 9.40. The highest BCUT2D eigenvalue weighted by molar-refractivity contribution is 7.16. The van der Waals surface area contributed by atoms with Crippen LogP contribution in [0, 0.1) is 0 Å². The fourth-order valence-corrected chi connectivity index (χ4v) is 4.31. The first kappa shape index (κ1) is 15.2. The molecule has 1 aromatic carbocycles. The lowest BCUT2D eigenvalue weighted by atomic mass is 9.99. The molecule has 0 saturated heterocycles. The Kier molecular flexibility index (Phi) is 3.48. The Morgan fingerprint density at radius 3 is 2.96 bits per heavy atom. The van der Waals surface area contributed by atoms with E-state index in [-0.39, 0.29) is 12.0 Å². The third-order valence-electron chi connectivity index (χ3n) is 4.96. The molecule has 1 amide bonds. The van der Waals surface area contributed by atoms with Gasteiger partial charge in [0.25, 0.3) is 0 Å². The van der Waals surface area contributed by atoms with Crippen LogP contribution in [-0.2, 0) is 17.5 Å². The van der Waals surface area contributed by atoms with Crippen molar-refractivity contribution in [1.29, 1.82) is 0 Å². The summed E-state index contributed by atoms with van der Waals surface area (Å²) >= 11 is 0.818. The Balaban J connectivity index is 1.88. The minimum absolute atomic E-state index is 0.122. The highest BCUT2D eigenvalue weighted by Gasteiger charge is 2.50. The van der Waals surface area contributed by atoms with Crippen molar-refractivity contribution in [3.8, 4) is 11.1 Å². The largest absolute Gasteiger partial charge is 0.369 e. The maximum absolute atomic E-state index is 12.2. The number of nitrogens with zero attached hydrogens (tertiary/aromatic N) is 3. The second kappa shape index (κ2) is 6.40. The molecule has 3 N–H and O–H groups in total. The average molecular weight is 403 g/mol. The third-order valence-corrected chi connectivity index (χ3v) is 5.87. The lowest BCUT2D eigenvalue weighted by Crippen LogP contribution is -2.55. The van der Waals surface area contributed by atoms with Crippen LogP contribution in [-0.4, -0.2) is 38.9 Å². The van der Waals surface area contributed by atoms with Crippen molar-refractivity contribution in [1.82, 2.24) is 14.9 Å². The highest BCUT2D eigenvalue weighted by Crippen LogP contribution is 2.45. The number of aliphatic hydroxyl groups is 2. The molecule has 146 valence electrons. The Morgan fingerprint density at radius 2 is 2.25 bits per heavy atom. The van der Waals surface area contributed by atoms with Crippen LogP contribution in [0.3, 0.4) is 0 Å². The van der Waals surface area contributed by atoms with Gasteiger partial charge >= 0.3 is 4.87 Å². The van der Waals surface area contributed by atoms with E-state index in [1.165, 1.54) is 11.1 Å². The molecule has 2 unspecified atom stereocenters. The lowest BCUT2D eigenvalue weighted by molar-refractivity contribution is -0.139. The number of fused-ring (bicyclic) bond motifs is 2. The fourth-order valence-electron chi connectivity index (χ4n) is 3.48. The van der Waals surface area contributed by atoms with Gasteiger partial charge in [-0.2, -0.15) is 0 Å². The molecule has 0 saturated carbocycles. The van der Waals surface area contributed by atoms with Crippen molar-refractivity contribution in [3.05, 3.63) is 45.8 Å². The van der Waals surface area contributed by atoms with Gasteiger partial charge in [-0.15, -0.1) is 0 Å². The van der Waals surface area contributed by atoms with Crippen molar-refractivity contribution in [2.24, 2.45) is 6.98 Å². The van der Waals surface area contributed by atoms with E-state index in [9.17, 15) is 19.8 Å². The van der Waals surface area contributed by atoms with Crippen molar-refractivity contribution >= 4 is 33.1 Å². The van der Waals surface area contributed by atoms with E-state index in [2.05, 4.69) is 10.3 Å². The highest BCUT2D eigenvalue weighted by atomic mass is 32.1. The van der Waals surface area contributed by atoms with Crippen LogP contribution < -0.4 is 15.1 Å². The van der Waals surface area contributed by atoms with Gasteiger partial charge in [0.2, 0.25) is 11.6 Å². The van der Waals surface area contributed by atoms with Crippen LogP contribution in [0.15, 0.2) is 35.4 Å². The number of hydrogen-bond donors (Lipinski definition) is 3. The van der Waals surface area contributed by atoms with E-state index in [1.807, 2.05) is 0 Å². The number of likely N-dealkylation sites (N-methyl/N-ethyl adjacent to an activating group) is 1. The summed E-state index contributed by atoms with van der Waals surface area (Å²) in [4.78, 5) is 29.2. The molecule has 4 rings (SSSR count). The van der Waals surface area contributed by atoms with Crippen LogP contribution in [0.4, 0.5) is 5.69 Å². The molecule has 3 aromatic rings. The van der Waals surface area contributed by atoms with Crippen LogP contribution >= 0.6 is 11.3 Å². The molecule has 3 heterocycles. The van der Waals surface area contributed by atoms with E-state index in [0.717, 1.165) is 15.9 Å². The molecule has 0 bridgehead atoms. The van der Waals surface area contributed by atoms with Gasteiger partial charge in [0.05, 0.1) is 21.5 Å². The first-order chi connectivity index (χ1) is 14.5. The summed E-state index contributed by atoms with van der Waals surface area (Å²) in [7, 11) is 1.57. The van der Waals surface area contributed by atoms with Gasteiger partial charge in [-0.25, -0.2) is 0 Å². The van der Waals surface area contributed by atoms with Crippen LogP contribution in [0.2, 0.25) is 0 Å². The number of pyridine rings is 1. The topological polar surface area (TPSA) is 108 Å². The number of benzene rings is 1. The van der Waals surface area contributed by atoms with Gasteiger partial charge in [0.1, 0.15) is 0 Å². The smallest absolute Gasteiger partial charge is 0.307 e. The van der Waals surface area contributed by atoms with Gasteiger partial charge in [-0.1, -0.05) is 24.3 Å². The number of aromatic nitrogens is 2. The van der Waals surface area contributed by atoms with Gasteiger partial charge in [0, 0.05) is 42.5 Å². The fraction of sp³-hybridized carbons (Fsp3) is 0.316. The number of anilines is 1. The van der Waals surface area contributed by atoms with Crippen molar-refractivity contribution in [2.75, 3.05) is 11.9 Å². The van der Waals surface area contributed by atoms with Gasteiger partial charge in [-0.05, 0) is 17.7 Å². The van der Waals surface area contributed by atoms with Crippen molar-refractivity contribution in [2.45, 2.75) is 25.3 Å². The number of carbonyl (C=O) groups is 1. The summed E-state index contributed by atoms with van der Waals surface area (Å²) in [6.45, 7) is -0.962. The van der Waals surface area contributed by atoms with E-state index < -0.39 is 29.7 Å². The molecule has 0 spiro atoms. The first-order valence-electron chi connectivity index (χ1n) is 10.1. The maximum Gasteiger partial charge on any atom is 0.307 e. The zero-order valence-electron chi connectivity index (χ0n) is 18.1. The number of aryl methyl sites for hydroxylation is 1. The normalized spacial score (nSPS) is 23.2. The monoisotopic (exact) mass is 403 g/mol. The molecule has 1 aliphatic rings. The molecule has 0 aliphatic carbocycles. The summed E-state index contributed by atoms with van der Waals surface area (Å²) in [5, 5.41) is 24.2. The Labute approximate surface area is 168 Å². The summed E-state index contributed by atoms with van der Waals surface area (Å²) in [6, 6.07) is 4.87. The summed E-state index contributed by atoms with van der Waals surface area (Å²) in [5.74, 6) is -0.439. The Morgan fingerprint density at radius 1 is 1.46 bits per heavy atom. The zero-order valence-corrected chi connectivity index (χ0v) is 15.9. The van der Waals surface area contributed by atoms with Crippen molar-refractivity contribution < 1.29 is 19.1 Å². The molecule has 28 heavy (non-hydrogen) atoms. The van der Waals surface area contributed by atoms with E-state index in [1.54, 1.807) is 38.4 Å². The number of nitrogens with one attached hydrogen (secondary N) is 1. The standard InChI is InChI=1S/C19H20N4O4S/c1-4-15(24)21-19(27)12-9-20-8-11(16(12)23(3)17(19)25)10-5-6-13-14(7-10)28-18(26)22(13)2/h5-9,17,25,27H,4H2,1-3H3,(H,21,24)/i2D3. The van der Waals surface area contributed by atoms with E-state index >= 15 is 0 Å². The molecule has 2 atom stereocenters. The maximum atomic E-state index is 12.2. The quantitative estimate of drug-likeness (QED) is 0.566. The minimum atomic E-state index is -2.59. The Bertz CT molecular complexity index is 1260. The van der Waals surface area contributed by atoms with Crippen LogP contribution in [0.5, 0.6) is 0 Å². The molecule has 0 radical (unpaired) electrons. The van der Waals surface area contributed by atoms with E-state index in [0.29, 0.717) is 27.0 Å². The summed E-state index contributed by atoms with van der Waals surface area (Å²) < 4.78 is 24.0. The van der Waals surface area contributed by atoms with Crippen LogP contribution in [0.1, 0.15) is 23.0 Å². The molecule has 0 fully saturated rings. The molecular formula is C19H20N4O4S. The number of aliphatic hydroxyl groups excluding tert-OH is 1. The number of rotatable bonds is 3. The molecule has 8 nitrogen and oxygen atoms in total. The number of carbonyl (C=O) groups excluding carboxylic acids is 1. The third kappa shape index (κ3) is 2.55. The van der Waals surface area contributed by atoms with Crippen LogP contribution in [0.25, 0.3) is 21.3 Å². The number of thiazole rings is 1. The number of amides is 1. The predicted octanol–water partition coefficient (Wildman–Crippen LogP) is 1.10. The number of hydrogen-bond acceptors (Lipinski definition) is 7. The molecular weight excluding hydrogens is 380 g/mol. The minimum Gasteiger partial charge on any atom is -0.369 e. The molecule has 2 aromatic heterocycles. The van der Waals surface area contributed by atoms with Gasteiger partial charge in [0.15, 0.2) is 6.23 Å². The summed E-state index contributed by atoms with van der Waals surface area (Å²) in [6.07, 6.45) is 1.60. The predicted molar refractivity (Wildman–Crippen MR) is 107 cm³/mol. The zero-order chi connectivity index (χ0) is 22.7. The lowest BCUT2D eigenvalue weighted by Gasteiger charge is -2.30. The summed E-state index contributed by atoms with van der Waals surface area (Å²) in [5.41, 5.74) is 0.0994. The SMILES string of the molecule is [2H]C([2H])([2H])n1c(=O)sc2cc(-c3cncc4c3N(C)C(O)C4(O)NC(=O)CC)ccc21. The Hall–Kier alpha value is -2.75. The van der Waals surface area contributed by atoms with Gasteiger partial charge in [-0.3, -0.25) is 14.6 Å². The van der Waals surface area contributed by atoms with Crippen molar-refractivity contribution in [3.63, 3.8) is 0 Å². The van der Waals surface area contributed by atoms with Gasteiger partial charge < -0.3 is 25.0 Å². The molecule has 9 heteroatoms. The van der Waals surface area contributed by atoms with E-state index in [4.69, 9.17) is 4.11 Å². The second-order valence-corrected chi connectivity index (χ2v) is 7.61.